The van der Waals surface area contributed by atoms with Gasteiger partial charge < -0.3 is 4.90 Å². The molecular weight excluding hydrogens is 198 g/mol. The Morgan fingerprint density at radius 3 is 2.56 bits per heavy atom. The first-order valence-corrected chi connectivity index (χ1v) is 5.74. The molecule has 0 saturated heterocycles. The van der Waals surface area contributed by atoms with E-state index in [0.29, 0.717) is 0 Å². The molecule has 2 rings (SSSR count). The lowest BCUT2D eigenvalue weighted by molar-refractivity contribution is -0.114. The summed E-state index contributed by atoms with van der Waals surface area (Å²) < 4.78 is 0. The zero-order valence-electron chi connectivity index (χ0n) is 9.86. The zero-order valence-corrected chi connectivity index (χ0v) is 9.86. The van der Waals surface area contributed by atoms with Crippen molar-refractivity contribution in [3.63, 3.8) is 0 Å². The number of hydrogen-bond acceptors (Lipinski definition) is 1. The average Bonchev–Trinajstić information content (AvgIpc) is 2.44. The van der Waals surface area contributed by atoms with E-state index in [2.05, 4.69) is 26.0 Å². The lowest BCUT2D eigenvalue weighted by Crippen LogP contribution is -2.30. The highest BCUT2D eigenvalue weighted by molar-refractivity contribution is 6.02. The molecule has 0 atom stereocenters. The minimum atomic E-state index is 0.106. The van der Waals surface area contributed by atoms with Crippen molar-refractivity contribution in [1.29, 1.82) is 0 Å². The topological polar surface area (TPSA) is 20.3 Å². The molecule has 0 fully saturated rings. The van der Waals surface area contributed by atoms with Crippen molar-refractivity contribution in [3.8, 4) is 0 Å². The van der Waals surface area contributed by atoms with Crippen LogP contribution in [0.2, 0.25) is 0 Å². The molecule has 2 heteroatoms. The van der Waals surface area contributed by atoms with Crippen LogP contribution in [0, 0.1) is 13.8 Å². The molecule has 0 aromatic heterocycles. The molecule has 1 aromatic carbocycles. The molecule has 84 valence electrons. The third kappa shape index (κ3) is 2.01. The Morgan fingerprint density at radius 2 is 1.88 bits per heavy atom. The summed E-state index contributed by atoms with van der Waals surface area (Å²) in [6.07, 6.45) is 5.69. The number of nitrogens with zero attached hydrogens (tertiary/aromatic N) is 1. The molecule has 1 heterocycles. The number of carbonyl (C=O) groups is 1. The number of benzene rings is 1. The molecule has 1 aromatic rings. The van der Waals surface area contributed by atoms with Gasteiger partial charge in [0.05, 0.1) is 0 Å². The number of aryl methyl sites for hydroxylation is 2. The number of para-hydroxylation sites is 1. The van der Waals surface area contributed by atoms with Gasteiger partial charge in [0.15, 0.2) is 0 Å². The van der Waals surface area contributed by atoms with Crippen LogP contribution in [0.5, 0.6) is 0 Å². The van der Waals surface area contributed by atoms with Crippen LogP contribution < -0.4 is 4.90 Å². The van der Waals surface area contributed by atoms with E-state index in [9.17, 15) is 4.79 Å². The van der Waals surface area contributed by atoms with Crippen molar-refractivity contribution < 1.29 is 4.79 Å². The van der Waals surface area contributed by atoms with Crippen molar-refractivity contribution in [3.05, 3.63) is 41.5 Å². The van der Waals surface area contributed by atoms with Crippen LogP contribution >= 0.6 is 0 Å². The van der Waals surface area contributed by atoms with Crippen molar-refractivity contribution in [2.45, 2.75) is 26.7 Å². The van der Waals surface area contributed by atoms with Gasteiger partial charge in [0.25, 0.3) is 5.91 Å². The van der Waals surface area contributed by atoms with Gasteiger partial charge in [0, 0.05) is 12.2 Å². The first-order chi connectivity index (χ1) is 7.70. The predicted molar refractivity (Wildman–Crippen MR) is 66.6 cm³/mol. The highest BCUT2D eigenvalue weighted by atomic mass is 16.2. The van der Waals surface area contributed by atoms with Crippen LogP contribution in [-0.2, 0) is 4.79 Å². The standard InChI is InChI=1S/C14H17NO/c1-11-7-6-8-12(2)14(11)15-10-5-3-4-9-13(15)16/h4,6-9H,3,5,10H2,1-2H3. The summed E-state index contributed by atoms with van der Waals surface area (Å²) >= 11 is 0. The number of amides is 1. The largest absolute Gasteiger partial charge is 0.308 e. The molecule has 0 spiro atoms. The molecule has 0 radical (unpaired) electrons. The first-order valence-electron chi connectivity index (χ1n) is 5.74. The second kappa shape index (κ2) is 4.52. The molecule has 0 N–H and O–H groups in total. The van der Waals surface area contributed by atoms with Crippen molar-refractivity contribution in [2.24, 2.45) is 0 Å². The lowest BCUT2D eigenvalue weighted by atomic mass is 10.1. The van der Waals surface area contributed by atoms with Crippen molar-refractivity contribution in [1.82, 2.24) is 0 Å². The van der Waals surface area contributed by atoms with Gasteiger partial charge in [-0.2, -0.15) is 0 Å². The van der Waals surface area contributed by atoms with Gasteiger partial charge in [-0.25, -0.2) is 0 Å². The fourth-order valence-corrected chi connectivity index (χ4v) is 2.20. The van der Waals surface area contributed by atoms with E-state index < -0.39 is 0 Å². The van der Waals surface area contributed by atoms with E-state index in [4.69, 9.17) is 0 Å². The molecule has 16 heavy (non-hydrogen) atoms. The summed E-state index contributed by atoms with van der Waals surface area (Å²) in [5.41, 5.74) is 3.42. The van der Waals surface area contributed by atoms with Crippen LogP contribution in [0.15, 0.2) is 30.4 Å². The van der Waals surface area contributed by atoms with E-state index in [1.165, 1.54) is 11.1 Å². The maximum Gasteiger partial charge on any atom is 0.250 e. The third-order valence-corrected chi connectivity index (χ3v) is 2.99. The van der Waals surface area contributed by atoms with E-state index in [1.54, 1.807) is 6.08 Å². The van der Waals surface area contributed by atoms with Gasteiger partial charge in [-0.05, 0) is 43.9 Å². The van der Waals surface area contributed by atoms with Crippen molar-refractivity contribution >= 4 is 11.6 Å². The van der Waals surface area contributed by atoms with Gasteiger partial charge in [0.1, 0.15) is 0 Å². The highest BCUT2D eigenvalue weighted by Crippen LogP contribution is 2.26. The summed E-state index contributed by atoms with van der Waals surface area (Å²) in [7, 11) is 0. The third-order valence-electron chi connectivity index (χ3n) is 2.99. The molecule has 0 aliphatic carbocycles. The maximum atomic E-state index is 12.0. The minimum absolute atomic E-state index is 0.106. The fraction of sp³-hybridized carbons (Fsp3) is 0.357. The Kier molecular flexibility index (Phi) is 3.09. The summed E-state index contributed by atoms with van der Waals surface area (Å²) in [5.74, 6) is 0.106. The summed E-state index contributed by atoms with van der Waals surface area (Å²) in [4.78, 5) is 13.9. The Hall–Kier alpha value is -1.57. The molecule has 0 unspecified atom stereocenters. The normalized spacial score (nSPS) is 16.4. The number of anilines is 1. The van der Waals surface area contributed by atoms with Crippen LogP contribution in [0.4, 0.5) is 5.69 Å². The number of carbonyl (C=O) groups excluding carboxylic acids is 1. The first kappa shape index (κ1) is 10.9. The quantitative estimate of drug-likeness (QED) is 0.705. The molecule has 1 aliphatic rings. The SMILES string of the molecule is Cc1cccc(C)c1N1CCCC=CC1=O. The van der Waals surface area contributed by atoms with Gasteiger partial charge in [0.2, 0.25) is 0 Å². The summed E-state index contributed by atoms with van der Waals surface area (Å²) in [5, 5.41) is 0. The van der Waals surface area contributed by atoms with Crippen LogP contribution in [0.25, 0.3) is 0 Å². The van der Waals surface area contributed by atoms with Crippen LogP contribution in [0.3, 0.4) is 0 Å². The van der Waals surface area contributed by atoms with Gasteiger partial charge in [-0.15, -0.1) is 0 Å². The van der Waals surface area contributed by atoms with E-state index in [-0.39, 0.29) is 5.91 Å². The monoisotopic (exact) mass is 215 g/mol. The predicted octanol–water partition coefficient (Wildman–Crippen LogP) is 2.99. The fourth-order valence-electron chi connectivity index (χ4n) is 2.20. The highest BCUT2D eigenvalue weighted by Gasteiger charge is 2.18. The van der Waals surface area contributed by atoms with E-state index >= 15 is 0 Å². The van der Waals surface area contributed by atoms with E-state index in [1.807, 2.05) is 17.0 Å². The Bertz CT molecular complexity index is 414. The molecule has 2 nitrogen and oxygen atoms in total. The number of allylic oxidation sites excluding steroid dienone is 1. The maximum absolute atomic E-state index is 12.0. The zero-order chi connectivity index (χ0) is 11.5. The number of rotatable bonds is 1. The van der Waals surface area contributed by atoms with Crippen LogP contribution in [0.1, 0.15) is 24.0 Å². The van der Waals surface area contributed by atoms with E-state index in [0.717, 1.165) is 25.1 Å². The second-order valence-corrected chi connectivity index (χ2v) is 4.27. The number of hydrogen-bond donors (Lipinski definition) is 0. The van der Waals surface area contributed by atoms with Gasteiger partial charge in [-0.3, -0.25) is 4.79 Å². The van der Waals surface area contributed by atoms with Crippen molar-refractivity contribution in [2.75, 3.05) is 11.4 Å². The molecule has 0 bridgehead atoms. The Labute approximate surface area is 96.6 Å². The van der Waals surface area contributed by atoms with Gasteiger partial charge >= 0.3 is 0 Å². The second-order valence-electron chi connectivity index (χ2n) is 4.27. The van der Waals surface area contributed by atoms with Crippen LogP contribution in [-0.4, -0.2) is 12.5 Å². The lowest BCUT2D eigenvalue weighted by Gasteiger charge is -2.24. The summed E-state index contributed by atoms with van der Waals surface area (Å²) in [6.45, 7) is 4.94. The minimum Gasteiger partial charge on any atom is -0.308 e. The Balaban J connectivity index is 2.42. The molecule has 1 amide bonds. The molecule has 1 aliphatic heterocycles. The molecular formula is C14H17NO. The smallest absolute Gasteiger partial charge is 0.250 e. The summed E-state index contributed by atoms with van der Waals surface area (Å²) in [6, 6.07) is 6.15. The average molecular weight is 215 g/mol. The Morgan fingerprint density at radius 1 is 1.19 bits per heavy atom. The molecule has 0 saturated carbocycles. The van der Waals surface area contributed by atoms with Gasteiger partial charge in [-0.1, -0.05) is 24.3 Å².